The third kappa shape index (κ3) is 4.51. The van der Waals surface area contributed by atoms with Crippen molar-refractivity contribution < 1.29 is 24.2 Å². The van der Waals surface area contributed by atoms with Crippen molar-refractivity contribution >= 4 is 18.0 Å². The van der Waals surface area contributed by atoms with Crippen molar-refractivity contribution in [3.63, 3.8) is 0 Å². The predicted molar refractivity (Wildman–Crippen MR) is 131 cm³/mol. The molecule has 5 rings (SSSR count). The van der Waals surface area contributed by atoms with E-state index in [1.165, 1.54) is 11.1 Å². The highest BCUT2D eigenvalue weighted by molar-refractivity contribution is 5.86. The average molecular weight is 477 g/mol. The van der Waals surface area contributed by atoms with Gasteiger partial charge in [-0.05, 0) is 60.8 Å². The lowest BCUT2D eigenvalue weighted by atomic mass is 9.67. The van der Waals surface area contributed by atoms with Crippen LogP contribution in [0, 0.1) is 11.3 Å². The number of aliphatic carboxylic acids is 1. The van der Waals surface area contributed by atoms with Gasteiger partial charge in [-0.3, -0.25) is 9.59 Å². The molecule has 2 fully saturated rings. The molecule has 3 N–H and O–H groups in total. The fourth-order valence-corrected chi connectivity index (χ4v) is 5.70. The van der Waals surface area contributed by atoms with Crippen molar-refractivity contribution in [1.29, 1.82) is 0 Å². The van der Waals surface area contributed by atoms with Crippen LogP contribution in [0.1, 0.15) is 62.5 Å². The topological polar surface area (TPSA) is 105 Å². The van der Waals surface area contributed by atoms with Crippen LogP contribution in [0.25, 0.3) is 11.1 Å². The smallest absolute Gasteiger partial charge is 0.407 e. The predicted octanol–water partition coefficient (Wildman–Crippen LogP) is 4.46. The minimum atomic E-state index is -0.917. The third-order valence-electron chi connectivity index (χ3n) is 8.10. The molecule has 0 aliphatic heterocycles. The zero-order valence-corrected chi connectivity index (χ0v) is 20.0. The monoisotopic (exact) mass is 476 g/mol. The molecule has 2 aromatic rings. The first-order valence-electron chi connectivity index (χ1n) is 12.4. The normalized spacial score (nSPS) is 19.5. The number of rotatable bonds is 9. The van der Waals surface area contributed by atoms with E-state index in [0.717, 1.165) is 30.4 Å². The van der Waals surface area contributed by atoms with E-state index in [0.29, 0.717) is 12.8 Å². The van der Waals surface area contributed by atoms with Gasteiger partial charge in [0.15, 0.2) is 0 Å². The van der Waals surface area contributed by atoms with Crippen molar-refractivity contribution in [1.82, 2.24) is 10.6 Å². The molecule has 7 heteroatoms. The second-order valence-electron chi connectivity index (χ2n) is 10.5. The minimum Gasteiger partial charge on any atom is -0.481 e. The summed E-state index contributed by atoms with van der Waals surface area (Å²) in [6.07, 6.45) is 3.44. The molecular weight excluding hydrogens is 444 g/mol. The zero-order chi connectivity index (χ0) is 24.6. The van der Waals surface area contributed by atoms with Gasteiger partial charge in [0.2, 0.25) is 5.91 Å². The Kier molecular flexibility index (Phi) is 6.03. The summed E-state index contributed by atoms with van der Waals surface area (Å²) in [4.78, 5) is 37.3. The van der Waals surface area contributed by atoms with Gasteiger partial charge in [-0.15, -0.1) is 0 Å². The van der Waals surface area contributed by atoms with Gasteiger partial charge >= 0.3 is 12.1 Å². The molecule has 3 aliphatic carbocycles. The van der Waals surface area contributed by atoms with Gasteiger partial charge < -0.3 is 20.5 Å². The highest BCUT2D eigenvalue weighted by Gasteiger charge is 2.50. The van der Waals surface area contributed by atoms with Crippen LogP contribution in [-0.4, -0.2) is 41.8 Å². The van der Waals surface area contributed by atoms with E-state index in [2.05, 4.69) is 34.9 Å². The summed E-state index contributed by atoms with van der Waals surface area (Å²) in [7, 11) is 0. The van der Waals surface area contributed by atoms with Crippen LogP contribution in [0.4, 0.5) is 4.79 Å². The van der Waals surface area contributed by atoms with Crippen molar-refractivity contribution in [3.05, 3.63) is 59.7 Å². The van der Waals surface area contributed by atoms with Crippen molar-refractivity contribution in [2.45, 2.75) is 56.9 Å². The number of ether oxygens (including phenoxy) is 1. The number of carbonyl (C=O) groups is 3. The summed E-state index contributed by atoms with van der Waals surface area (Å²) in [6, 6.07) is 16.3. The zero-order valence-electron chi connectivity index (χ0n) is 20.0. The Bertz CT molecular complexity index is 1110. The Hall–Kier alpha value is -3.35. The van der Waals surface area contributed by atoms with Crippen LogP contribution in [0.3, 0.4) is 0 Å². The van der Waals surface area contributed by atoms with Crippen molar-refractivity contribution in [2.75, 3.05) is 13.2 Å². The number of alkyl carbamates (subject to hydrolysis) is 1. The van der Waals surface area contributed by atoms with Gasteiger partial charge in [0.05, 0.1) is 17.4 Å². The van der Waals surface area contributed by atoms with E-state index in [9.17, 15) is 19.5 Å². The Morgan fingerprint density at radius 1 is 1.03 bits per heavy atom. The number of carbonyl (C=O) groups excluding carboxylic acids is 2. The maximum atomic E-state index is 13.2. The molecule has 1 atom stereocenters. The summed E-state index contributed by atoms with van der Waals surface area (Å²) in [5, 5.41) is 15.2. The number of benzene rings is 2. The fourth-order valence-electron chi connectivity index (χ4n) is 5.70. The van der Waals surface area contributed by atoms with Crippen LogP contribution in [0.2, 0.25) is 0 Å². The second kappa shape index (κ2) is 9.02. The molecule has 0 heterocycles. The Labute approximate surface area is 205 Å². The highest BCUT2D eigenvalue weighted by atomic mass is 16.5. The van der Waals surface area contributed by atoms with Crippen LogP contribution < -0.4 is 10.6 Å². The van der Waals surface area contributed by atoms with Gasteiger partial charge in [-0.1, -0.05) is 55.0 Å². The molecule has 0 spiro atoms. The molecule has 2 saturated carbocycles. The summed E-state index contributed by atoms with van der Waals surface area (Å²) < 4.78 is 5.63. The van der Waals surface area contributed by atoms with Crippen molar-refractivity contribution in [3.8, 4) is 11.1 Å². The summed E-state index contributed by atoms with van der Waals surface area (Å²) in [5.41, 5.74) is 3.17. The number of amides is 2. The fraction of sp³-hybridized carbons (Fsp3) is 0.464. The van der Waals surface area contributed by atoms with Gasteiger partial charge in [-0.25, -0.2) is 4.79 Å². The first-order chi connectivity index (χ1) is 16.8. The van der Waals surface area contributed by atoms with Crippen LogP contribution >= 0.6 is 0 Å². The van der Waals surface area contributed by atoms with E-state index in [4.69, 9.17) is 4.74 Å². The van der Waals surface area contributed by atoms with Gasteiger partial charge in [0.1, 0.15) is 6.61 Å². The maximum absolute atomic E-state index is 13.2. The van der Waals surface area contributed by atoms with E-state index in [1.807, 2.05) is 31.2 Å². The lowest BCUT2D eigenvalue weighted by Crippen LogP contribution is -2.59. The number of carboxylic acid groups (broad SMARTS) is 1. The van der Waals surface area contributed by atoms with E-state index in [-0.39, 0.29) is 37.3 Å². The van der Waals surface area contributed by atoms with E-state index in [1.54, 1.807) is 0 Å². The summed E-state index contributed by atoms with van der Waals surface area (Å²) in [5.74, 6) is -0.920. The standard InChI is InChI=1S/C28H32N2O5/c1-27(15-24(31)32,18-11-12-18)30-25(33)28(13-6-14-28)17-29-26(34)35-16-23-21-9-4-2-7-19(21)20-8-3-5-10-22(20)23/h2-5,7-10,18,23H,6,11-17H2,1H3,(H,29,34)(H,30,33)(H,31,32). The molecule has 2 amide bonds. The van der Waals surface area contributed by atoms with Gasteiger partial charge in [-0.2, -0.15) is 0 Å². The van der Waals surface area contributed by atoms with Crippen LogP contribution in [0.15, 0.2) is 48.5 Å². The van der Waals surface area contributed by atoms with E-state index < -0.39 is 23.0 Å². The number of hydrogen-bond donors (Lipinski definition) is 3. The molecule has 0 bridgehead atoms. The van der Waals surface area contributed by atoms with Crippen LogP contribution in [0.5, 0.6) is 0 Å². The minimum absolute atomic E-state index is 0.0237. The Morgan fingerprint density at radius 3 is 2.14 bits per heavy atom. The summed E-state index contributed by atoms with van der Waals surface area (Å²) in [6.45, 7) is 2.22. The molecule has 35 heavy (non-hydrogen) atoms. The molecular formula is C28H32N2O5. The third-order valence-corrected chi connectivity index (χ3v) is 8.10. The molecule has 1 unspecified atom stereocenters. The molecule has 7 nitrogen and oxygen atoms in total. The lowest BCUT2D eigenvalue weighted by molar-refractivity contribution is -0.142. The number of hydrogen-bond acceptors (Lipinski definition) is 4. The van der Waals surface area contributed by atoms with Gasteiger partial charge in [0, 0.05) is 12.5 Å². The van der Waals surface area contributed by atoms with Gasteiger partial charge in [0.25, 0.3) is 0 Å². The number of nitrogens with one attached hydrogen (secondary N) is 2. The van der Waals surface area contributed by atoms with Crippen molar-refractivity contribution in [2.24, 2.45) is 11.3 Å². The average Bonchev–Trinajstić information content (AvgIpc) is 3.61. The Morgan fingerprint density at radius 2 is 1.63 bits per heavy atom. The maximum Gasteiger partial charge on any atom is 0.407 e. The van der Waals surface area contributed by atoms with E-state index >= 15 is 0 Å². The second-order valence-corrected chi connectivity index (χ2v) is 10.5. The molecule has 0 radical (unpaired) electrons. The molecule has 0 aromatic heterocycles. The largest absolute Gasteiger partial charge is 0.481 e. The SMILES string of the molecule is CC(CC(=O)O)(NC(=O)C1(CNC(=O)OCC2c3ccccc3-c3ccccc32)CCC1)C1CC1. The molecule has 0 saturated heterocycles. The Balaban J connectivity index is 1.19. The number of carboxylic acids is 1. The summed E-state index contributed by atoms with van der Waals surface area (Å²) >= 11 is 0. The molecule has 2 aromatic carbocycles. The highest BCUT2D eigenvalue weighted by Crippen LogP contribution is 2.46. The first kappa shape index (κ1) is 23.4. The quantitative estimate of drug-likeness (QED) is 0.496. The molecule has 3 aliphatic rings. The number of fused-ring (bicyclic) bond motifs is 3. The molecule has 184 valence electrons. The lowest BCUT2D eigenvalue weighted by Gasteiger charge is -2.43. The van der Waals surface area contributed by atoms with Crippen LogP contribution in [-0.2, 0) is 14.3 Å². The first-order valence-corrected chi connectivity index (χ1v) is 12.4.